The molecule has 1 heteroatoms. The maximum atomic E-state index is 3.69. The van der Waals surface area contributed by atoms with E-state index in [1.807, 2.05) is 0 Å². The lowest BCUT2D eigenvalue weighted by molar-refractivity contribution is 0.532. The molecule has 1 aliphatic carbocycles. The van der Waals surface area contributed by atoms with Crippen molar-refractivity contribution in [3.8, 4) is 0 Å². The molecule has 0 saturated heterocycles. The highest BCUT2D eigenvalue weighted by Gasteiger charge is 2.32. The minimum Gasteiger partial charge on any atom is -0.313 e. The predicted molar refractivity (Wildman–Crippen MR) is 69.7 cm³/mol. The van der Waals surface area contributed by atoms with Crippen molar-refractivity contribution < 1.29 is 0 Å². The third kappa shape index (κ3) is 3.08. The molecule has 2 rings (SSSR count). The van der Waals surface area contributed by atoms with Crippen LogP contribution in [0.3, 0.4) is 0 Å². The lowest BCUT2D eigenvalue weighted by atomic mass is 9.94. The van der Waals surface area contributed by atoms with Crippen LogP contribution < -0.4 is 5.32 Å². The Morgan fingerprint density at radius 3 is 2.56 bits per heavy atom. The summed E-state index contributed by atoms with van der Waals surface area (Å²) < 4.78 is 0. The molecule has 0 aromatic heterocycles. The Bertz CT molecular complexity index is 306. The molecule has 1 aromatic carbocycles. The number of hydrogen-bond donors (Lipinski definition) is 1. The largest absolute Gasteiger partial charge is 0.313 e. The summed E-state index contributed by atoms with van der Waals surface area (Å²) in [7, 11) is 0. The molecule has 1 nitrogen and oxygen atoms in total. The Labute approximate surface area is 99.3 Å². The van der Waals surface area contributed by atoms with Crippen molar-refractivity contribution >= 4 is 0 Å². The van der Waals surface area contributed by atoms with Crippen LogP contribution in [0, 0.1) is 5.92 Å². The zero-order valence-electron chi connectivity index (χ0n) is 10.4. The standard InChI is InChI=1S/C15H23N/c1-3-7-14(11-16-15-10-12(15)2)13-8-5-4-6-9-13/h4-6,8-9,12,14-16H,3,7,10-11H2,1-2H3. The summed E-state index contributed by atoms with van der Waals surface area (Å²) in [5.74, 6) is 1.59. The van der Waals surface area contributed by atoms with E-state index in [9.17, 15) is 0 Å². The molecule has 0 aliphatic heterocycles. The van der Waals surface area contributed by atoms with Gasteiger partial charge in [0, 0.05) is 12.6 Å². The van der Waals surface area contributed by atoms with Gasteiger partial charge in [0.25, 0.3) is 0 Å². The highest BCUT2D eigenvalue weighted by Crippen LogP contribution is 2.30. The Morgan fingerprint density at radius 1 is 1.31 bits per heavy atom. The monoisotopic (exact) mass is 217 g/mol. The van der Waals surface area contributed by atoms with Crippen LogP contribution in [0.25, 0.3) is 0 Å². The van der Waals surface area contributed by atoms with Crippen LogP contribution >= 0.6 is 0 Å². The van der Waals surface area contributed by atoms with Gasteiger partial charge in [0.15, 0.2) is 0 Å². The summed E-state index contributed by atoms with van der Waals surface area (Å²) in [6.07, 6.45) is 3.92. The van der Waals surface area contributed by atoms with Crippen molar-refractivity contribution in [2.45, 2.75) is 45.1 Å². The van der Waals surface area contributed by atoms with Crippen molar-refractivity contribution in [1.29, 1.82) is 0 Å². The maximum Gasteiger partial charge on any atom is 0.00966 e. The predicted octanol–water partition coefficient (Wildman–Crippen LogP) is 3.57. The topological polar surface area (TPSA) is 12.0 Å². The first kappa shape index (κ1) is 11.7. The highest BCUT2D eigenvalue weighted by atomic mass is 15.0. The van der Waals surface area contributed by atoms with Gasteiger partial charge >= 0.3 is 0 Å². The molecule has 1 N–H and O–H groups in total. The lowest BCUT2D eigenvalue weighted by Crippen LogP contribution is -2.24. The van der Waals surface area contributed by atoms with Gasteiger partial charge in [-0.15, -0.1) is 0 Å². The van der Waals surface area contributed by atoms with Crippen LogP contribution in [-0.2, 0) is 0 Å². The zero-order chi connectivity index (χ0) is 11.4. The molecule has 3 unspecified atom stereocenters. The zero-order valence-corrected chi connectivity index (χ0v) is 10.4. The second-order valence-corrected chi connectivity index (χ2v) is 5.12. The molecule has 0 amide bonds. The number of benzene rings is 1. The average Bonchev–Trinajstić information content (AvgIpc) is 3.02. The van der Waals surface area contributed by atoms with E-state index in [4.69, 9.17) is 0 Å². The van der Waals surface area contributed by atoms with Gasteiger partial charge in [0.05, 0.1) is 0 Å². The quantitative estimate of drug-likeness (QED) is 0.768. The first-order chi connectivity index (χ1) is 7.81. The summed E-state index contributed by atoms with van der Waals surface area (Å²) in [6, 6.07) is 11.7. The minimum atomic E-state index is 0.694. The molecule has 1 saturated carbocycles. The molecule has 0 bridgehead atoms. The Kier molecular flexibility index (Phi) is 4.00. The molecule has 0 spiro atoms. The Hall–Kier alpha value is -0.820. The van der Waals surface area contributed by atoms with Crippen LogP contribution in [0.5, 0.6) is 0 Å². The highest BCUT2D eigenvalue weighted by molar-refractivity contribution is 5.20. The van der Waals surface area contributed by atoms with Gasteiger partial charge in [-0.1, -0.05) is 50.6 Å². The molecule has 3 atom stereocenters. The van der Waals surface area contributed by atoms with Gasteiger partial charge < -0.3 is 5.32 Å². The van der Waals surface area contributed by atoms with Crippen molar-refractivity contribution in [3.05, 3.63) is 35.9 Å². The molecular formula is C15H23N. The number of hydrogen-bond acceptors (Lipinski definition) is 1. The second kappa shape index (κ2) is 5.49. The van der Waals surface area contributed by atoms with Crippen LogP contribution in [0.4, 0.5) is 0 Å². The fourth-order valence-electron chi connectivity index (χ4n) is 2.36. The second-order valence-electron chi connectivity index (χ2n) is 5.12. The molecule has 1 fully saturated rings. The van der Waals surface area contributed by atoms with E-state index < -0.39 is 0 Å². The van der Waals surface area contributed by atoms with Crippen molar-refractivity contribution in [2.75, 3.05) is 6.54 Å². The van der Waals surface area contributed by atoms with Crippen molar-refractivity contribution in [2.24, 2.45) is 5.92 Å². The van der Waals surface area contributed by atoms with Crippen molar-refractivity contribution in [1.82, 2.24) is 5.32 Å². The summed E-state index contributed by atoms with van der Waals surface area (Å²) in [5, 5.41) is 3.69. The first-order valence-corrected chi connectivity index (χ1v) is 6.59. The van der Waals surface area contributed by atoms with E-state index in [-0.39, 0.29) is 0 Å². The maximum absolute atomic E-state index is 3.69. The lowest BCUT2D eigenvalue weighted by Gasteiger charge is -2.17. The third-order valence-electron chi connectivity index (χ3n) is 3.64. The summed E-state index contributed by atoms with van der Waals surface area (Å²) in [4.78, 5) is 0. The molecule has 1 aliphatic rings. The fourth-order valence-corrected chi connectivity index (χ4v) is 2.36. The molecule has 1 aromatic rings. The smallest absolute Gasteiger partial charge is 0.00966 e. The Morgan fingerprint density at radius 2 is 2.00 bits per heavy atom. The normalized spacial score (nSPS) is 25.4. The van der Waals surface area contributed by atoms with E-state index >= 15 is 0 Å². The van der Waals surface area contributed by atoms with Gasteiger partial charge in [0.2, 0.25) is 0 Å². The van der Waals surface area contributed by atoms with E-state index in [0.29, 0.717) is 5.92 Å². The summed E-state index contributed by atoms with van der Waals surface area (Å²) >= 11 is 0. The molecular weight excluding hydrogens is 194 g/mol. The minimum absolute atomic E-state index is 0.694. The SMILES string of the molecule is CCCC(CNC1CC1C)c1ccccc1. The van der Waals surface area contributed by atoms with Crippen LogP contribution in [0.2, 0.25) is 0 Å². The van der Waals surface area contributed by atoms with E-state index in [1.165, 1.54) is 24.8 Å². The number of nitrogens with one attached hydrogen (secondary N) is 1. The van der Waals surface area contributed by atoms with Crippen LogP contribution in [-0.4, -0.2) is 12.6 Å². The van der Waals surface area contributed by atoms with Gasteiger partial charge in [-0.2, -0.15) is 0 Å². The summed E-state index contributed by atoms with van der Waals surface area (Å²) in [6.45, 7) is 5.75. The molecule has 0 radical (unpaired) electrons. The van der Waals surface area contributed by atoms with Gasteiger partial charge in [-0.05, 0) is 30.2 Å². The van der Waals surface area contributed by atoms with Gasteiger partial charge in [0.1, 0.15) is 0 Å². The van der Waals surface area contributed by atoms with Crippen molar-refractivity contribution in [3.63, 3.8) is 0 Å². The van der Waals surface area contributed by atoms with Crippen LogP contribution in [0.1, 0.15) is 44.6 Å². The first-order valence-electron chi connectivity index (χ1n) is 6.59. The molecule has 16 heavy (non-hydrogen) atoms. The average molecular weight is 217 g/mol. The Balaban J connectivity index is 1.89. The summed E-state index contributed by atoms with van der Waals surface area (Å²) in [5.41, 5.74) is 1.49. The van der Waals surface area contributed by atoms with E-state index in [2.05, 4.69) is 49.5 Å². The third-order valence-corrected chi connectivity index (χ3v) is 3.64. The van der Waals surface area contributed by atoms with E-state index in [1.54, 1.807) is 0 Å². The fraction of sp³-hybridized carbons (Fsp3) is 0.600. The van der Waals surface area contributed by atoms with Gasteiger partial charge in [-0.25, -0.2) is 0 Å². The number of rotatable bonds is 6. The molecule has 0 heterocycles. The molecule has 88 valence electrons. The van der Waals surface area contributed by atoms with E-state index in [0.717, 1.165) is 18.5 Å². The van der Waals surface area contributed by atoms with Gasteiger partial charge in [-0.3, -0.25) is 0 Å². The van der Waals surface area contributed by atoms with Crippen LogP contribution in [0.15, 0.2) is 30.3 Å².